The van der Waals surface area contributed by atoms with Crippen molar-refractivity contribution in [3.05, 3.63) is 76.8 Å². The van der Waals surface area contributed by atoms with Crippen LogP contribution >= 0.6 is 11.6 Å². The summed E-state index contributed by atoms with van der Waals surface area (Å²) in [5.41, 5.74) is 9.21. The van der Waals surface area contributed by atoms with Crippen molar-refractivity contribution in [2.45, 2.75) is 37.5 Å². The molecule has 0 bridgehead atoms. The van der Waals surface area contributed by atoms with Crippen molar-refractivity contribution in [1.29, 1.82) is 0 Å². The molecule has 2 aromatic carbocycles. The van der Waals surface area contributed by atoms with Crippen molar-refractivity contribution in [1.82, 2.24) is 9.62 Å². The number of nitrogens with two attached hydrogens (primary N) is 1. The fourth-order valence-corrected chi connectivity index (χ4v) is 6.25. The van der Waals surface area contributed by atoms with Crippen LogP contribution in [0.2, 0.25) is 5.02 Å². The predicted molar refractivity (Wildman–Crippen MR) is 140 cm³/mol. The number of carbonyl (C=O) groups is 1. The number of hydrogen-bond acceptors (Lipinski definition) is 5. The lowest BCUT2D eigenvalue weighted by molar-refractivity contribution is 0.246. The molecule has 0 aromatic heterocycles. The van der Waals surface area contributed by atoms with Crippen molar-refractivity contribution in [2.24, 2.45) is 10.7 Å². The highest BCUT2D eigenvalue weighted by Crippen LogP contribution is 2.36. The topological polar surface area (TPSA) is 108 Å². The van der Waals surface area contributed by atoms with Crippen LogP contribution in [-0.4, -0.2) is 44.3 Å². The lowest BCUT2D eigenvalue weighted by Gasteiger charge is -2.24. The van der Waals surface area contributed by atoms with Gasteiger partial charge in [-0.15, -0.1) is 6.58 Å². The van der Waals surface area contributed by atoms with Crippen LogP contribution in [0.4, 0.5) is 10.5 Å². The Kier molecular flexibility index (Phi) is 7.37. The first-order chi connectivity index (χ1) is 16.8. The number of nitrogens with one attached hydrogen (secondary N) is 1. The Hall–Kier alpha value is -3.04. The summed E-state index contributed by atoms with van der Waals surface area (Å²) in [6, 6.07) is 12.0. The molecule has 186 valence electrons. The summed E-state index contributed by atoms with van der Waals surface area (Å²) in [5, 5.41) is 2.52. The van der Waals surface area contributed by atoms with E-state index >= 15 is 0 Å². The Balaban J connectivity index is 1.54. The Morgan fingerprint density at radius 1 is 1.31 bits per heavy atom. The number of unbranched alkanes of at least 4 members (excludes halogenated alkanes) is 1. The lowest BCUT2D eigenvalue weighted by atomic mass is 10.1. The Labute approximate surface area is 211 Å². The Morgan fingerprint density at radius 2 is 2.06 bits per heavy atom. The number of sulfonamides is 1. The molecule has 8 nitrogen and oxygen atoms in total. The number of nitrogens with zero attached hydrogens (tertiary/aromatic N) is 3. The van der Waals surface area contributed by atoms with Crippen LogP contribution in [0.15, 0.2) is 60.1 Å². The first kappa shape index (κ1) is 25.1. The number of anilines is 1. The van der Waals surface area contributed by atoms with Crippen molar-refractivity contribution in [3.8, 4) is 0 Å². The molecule has 35 heavy (non-hydrogen) atoms. The van der Waals surface area contributed by atoms with Crippen LogP contribution in [0.5, 0.6) is 0 Å². The monoisotopic (exact) mass is 515 g/mol. The highest BCUT2D eigenvalue weighted by atomic mass is 35.5. The van der Waals surface area contributed by atoms with Crippen molar-refractivity contribution in [2.75, 3.05) is 24.5 Å². The zero-order valence-electron chi connectivity index (χ0n) is 19.7. The molecule has 2 atom stereocenters. The highest BCUT2D eigenvalue weighted by Gasteiger charge is 2.38. The number of aliphatic imine (C=N–C) groups is 1. The third kappa shape index (κ3) is 5.01. The maximum atomic E-state index is 13.6. The lowest BCUT2D eigenvalue weighted by Crippen LogP contribution is -2.41. The number of urea groups is 1. The molecule has 0 aliphatic carbocycles. The maximum absolute atomic E-state index is 13.6. The van der Waals surface area contributed by atoms with E-state index in [1.54, 1.807) is 29.2 Å². The molecule has 10 heteroatoms. The maximum Gasteiger partial charge on any atom is 0.321 e. The predicted octanol–water partition coefficient (Wildman–Crippen LogP) is 4.14. The second-order valence-corrected chi connectivity index (χ2v) is 11.1. The standard InChI is InChI=1S/C25H30ClN5O3S/c1-3-5-13-28-25(32)30-14-12-18-15-19(8-11-22(18)30)23(4-2)35(33,34)31-16-21(29-24(31)27)17-6-9-20(26)10-7-17/h4,6-11,15,21,23H,2-3,5,12-14,16H2,1H3,(H2,27,29)(H,28,32). The van der Waals surface area contributed by atoms with Gasteiger partial charge in [0.05, 0.1) is 12.6 Å². The van der Waals surface area contributed by atoms with Gasteiger partial charge in [0.15, 0.2) is 0 Å². The number of fused-ring (bicyclic) bond motifs is 1. The van der Waals surface area contributed by atoms with E-state index < -0.39 is 21.3 Å². The van der Waals surface area contributed by atoms with Crippen LogP contribution in [0.3, 0.4) is 0 Å². The normalized spacial score (nSPS) is 18.2. The Morgan fingerprint density at radius 3 is 2.74 bits per heavy atom. The third-order valence-electron chi connectivity index (χ3n) is 6.36. The van der Waals surface area contributed by atoms with Crippen LogP contribution in [0.25, 0.3) is 0 Å². The van der Waals surface area contributed by atoms with Gasteiger partial charge in [-0.3, -0.25) is 4.90 Å². The quantitative estimate of drug-likeness (QED) is 0.407. The second kappa shape index (κ2) is 10.3. The average Bonchev–Trinajstić information content (AvgIpc) is 3.44. The first-order valence-electron chi connectivity index (χ1n) is 11.7. The number of hydrogen-bond donors (Lipinski definition) is 2. The molecular formula is C25H30ClN5O3S. The summed E-state index contributed by atoms with van der Waals surface area (Å²) in [6.07, 6.45) is 3.99. The van der Waals surface area contributed by atoms with Crippen molar-refractivity contribution in [3.63, 3.8) is 0 Å². The van der Waals surface area contributed by atoms with E-state index in [2.05, 4.69) is 23.8 Å². The fourth-order valence-electron chi connectivity index (χ4n) is 4.46. The van der Waals surface area contributed by atoms with Gasteiger partial charge in [-0.05, 0) is 47.7 Å². The molecule has 0 fully saturated rings. The molecule has 4 rings (SSSR count). The summed E-state index contributed by atoms with van der Waals surface area (Å²) in [6.45, 7) is 7.15. The molecule has 0 saturated carbocycles. The number of amides is 2. The summed E-state index contributed by atoms with van der Waals surface area (Å²) in [7, 11) is -3.92. The molecule has 2 unspecified atom stereocenters. The number of rotatable bonds is 8. The molecule has 2 aromatic rings. The van der Waals surface area contributed by atoms with Crippen molar-refractivity contribution >= 4 is 39.3 Å². The zero-order valence-corrected chi connectivity index (χ0v) is 21.2. The third-order valence-corrected chi connectivity index (χ3v) is 8.67. The van der Waals surface area contributed by atoms with Gasteiger partial charge >= 0.3 is 6.03 Å². The first-order valence-corrected chi connectivity index (χ1v) is 13.6. The number of carbonyl (C=O) groups excluding carboxylic acids is 1. The summed E-state index contributed by atoms with van der Waals surface area (Å²) < 4.78 is 28.4. The van der Waals surface area contributed by atoms with Gasteiger partial charge in [-0.25, -0.2) is 22.5 Å². The molecule has 2 heterocycles. The largest absolute Gasteiger partial charge is 0.369 e. The summed E-state index contributed by atoms with van der Waals surface area (Å²) in [5.74, 6) is -0.0483. The summed E-state index contributed by atoms with van der Waals surface area (Å²) >= 11 is 5.97. The summed E-state index contributed by atoms with van der Waals surface area (Å²) in [4.78, 5) is 18.6. The van der Waals surface area contributed by atoms with E-state index in [1.165, 1.54) is 6.08 Å². The molecule has 2 aliphatic heterocycles. The van der Waals surface area contributed by atoms with E-state index in [0.717, 1.165) is 34.0 Å². The molecule has 3 N–H and O–H groups in total. The van der Waals surface area contributed by atoms with Crippen LogP contribution in [0.1, 0.15) is 47.7 Å². The van der Waals surface area contributed by atoms with Gasteiger partial charge in [0, 0.05) is 23.8 Å². The van der Waals surface area contributed by atoms with E-state index in [1.807, 2.05) is 18.2 Å². The minimum atomic E-state index is -3.92. The molecular weight excluding hydrogens is 486 g/mol. The molecule has 0 radical (unpaired) electrons. The van der Waals surface area contributed by atoms with Crippen molar-refractivity contribution < 1.29 is 13.2 Å². The number of halogens is 1. The van der Waals surface area contributed by atoms with E-state index in [0.29, 0.717) is 30.1 Å². The molecule has 2 amide bonds. The average molecular weight is 516 g/mol. The van der Waals surface area contributed by atoms with Crippen LogP contribution in [0, 0.1) is 0 Å². The number of benzene rings is 2. The van der Waals surface area contributed by atoms with Gasteiger partial charge in [-0.1, -0.05) is 55.3 Å². The molecule has 2 aliphatic rings. The van der Waals surface area contributed by atoms with Crippen LogP contribution in [-0.2, 0) is 16.4 Å². The minimum Gasteiger partial charge on any atom is -0.369 e. The smallest absolute Gasteiger partial charge is 0.321 e. The van der Waals surface area contributed by atoms with Gasteiger partial charge in [0.25, 0.3) is 0 Å². The Bertz CT molecular complexity index is 1250. The van der Waals surface area contributed by atoms with E-state index in [4.69, 9.17) is 17.3 Å². The number of guanidine groups is 1. The van der Waals surface area contributed by atoms with Gasteiger partial charge in [0.2, 0.25) is 16.0 Å². The fraction of sp³-hybridized carbons (Fsp3) is 0.360. The highest BCUT2D eigenvalue weighted by molar-refractivity contribution is 7.90. The minimum absolute atomic E-state index is 0.0483. The molecule has 0 saturated heterocycles. The SMILES string of the molecule is C=CC(c1ccc2c(c1)CCN2C(=O)NCCCC)S(=O)(=O)N1CC(c2ccc(Cl)cc2)N=C1N. The second-order valence-electron chi connectivity index (χ2n) is 8.66. The van der Waals surface area contributed by atoms with E-state index in [9.17, 15) is 13.2 Å². The van der Waals surface area contributed by atoms with E-state index in [-0.39, 0.29) is 18.5 Å². The van der Waals surface area contributed by atoms with Gasteiger partial charge < -0.3 is 11.1 Å². The van der Waals surface area contributed by atoms with Crippen LogP contribution < -0.4 is 16.0 Å². The van der Waals surface area contributed by atoms with Gasteiger partial charge in [-0.2, -0.15) is 0 Å². The van der Waals surface area contributed by atoms with Gasteiger partial charge in [0.1, 0.15) is 5.25 Å². The zero-order chi connectivity index (χ0) is 25.2. The molecule has 0 spiro atoms.